The van der Waals surface area contributed by atoms with E-state index in [0.717, 1.165) is 15.7 Å². The van der Waals surface area contributed by atoms with Gasteiger partial charge in [0, 0.05) is 37.7 Å². The lowest BCUT2D eigenvalue weighted by atomic mass is 9.93. The van der Waals surface area contributed by atoms with Crippen LogP contribution in [-0.4, -0.2) is 24.1 Å². The number of fused-ring (bicyclic) bond motifs is 3. The molecular weight excluding hydrogens is 376 g/mol. The van der Waals surface area contributed by atoms with Gasteiger partial charge in [-0.25, -0.2) is 0 Å². The van der Waals surface area contributed by atoms with Crippen LogP contribution in [0.3, 0.4) is 0 Å². The zero-order chi connectivity index (χ0) is 16.0. The molecule has 0 fully saturated rings. The number of carbonyl (C=O) groups is 1. The summed E-state index contributed by atoms with van der Waals surface area (Å²) in [5.74, 6) is -0.221. The highest BCUT2D eigenvalue weighted by atomic mass is 79.9. The van der Waals surface area contributed by atoms with E-state index in [-0.39, 0.29) is 18.1 Å². The first kappa shape index (κ1) is 14.9. The average Bonchev–Trinajstić information content (AvgIpc) is 3.16. The van der Waals surface area contributed by atoms with Crippen molar-refractivity contribution in [3.05, 3.63) is 56.3 Å². The molecule has 0 spiro atoms. The van der Waals surface area contributed by atoms with Crippen molar-refractivity contribution in [3.63, 3.8) is 0 Å². The van der Waals surface area contributed by atoms with Crippen LogP contribution >= 0.6 is 27.3 Å². The zero-order valence-corrected chi connectivity index (χ0v) is 14.8. The summed E-state index contributed by atoms with van der Waals surface area (Å²) >= 11 is 5.18. The first-order valence-electron chi connectivity index (χ1n) is 7.34. The van der Waals surface area contributed by atoms with Crippen LogP contribution in [0.4, 0.5) is 0 Å². The van der Waals surface area contributed by atoms with Gasteiger partial charge in [0.2, 0.25) is 0 Å². The lowest BCUT2D eigenvalue weighted by Gasteiger charge is -2.29. The van der Waals surface area contributed by atoms with Gasteiger partial charge in [0.25, 0.3) is 0 Å². The third-order valence-electron chi connectivity index (χ3n) is 4.27. The molecule has 0 radical (unpaired) electrons. The molecule has 0 amide bonds. The molecule has 1 aliphatic rings. The molecule has 4 rings (SSSR count). The predicted molar refractivity (Wildman–Crippen MR) is 94.8 cm³/mol. The van der Waals surface area contributed by atoms with Crippen LogP contribution in [0.1, 0.15) is 22.2 Å². The number of rotatable bonds is 2. The lowest BCUT2D eigenvalue weighted by molar-refractivity contribution is -0.143. The largest absolute Gasteiger partial charge is 0.468 e. The van der Waals surface area contributed by atoms with Crippen molar-refractivity contribution in [1.29, 1.82) is 0 Å². The van der Waals surface area contributed by atoms with Gasteiger partial charge in [0.05, 0.1) is 13.2 Å². The van der Waals surface area contributed by atoms with Crippen molar-refractivity contribution in [3.8, 4) is 0 Å². The zero-order valence-electron chi connectivity index (χ0n) is 12.4. The van der Waals surface area contributed by atoms with Crippen LogP contribution in [0.5, 0.6) is 0 Å². The Morgan fingerprint density at radius 2 is 2.22 bits per heavy atom. The van der Waals surface area contributed by atoms with E-state index in [0.29, 0.717) is 6.42 Å². The van der Waals surface area contributed by atoms with Gasteiger partial charge >= 0.3 is 5.97 Å². The first-order chi connectivity index (χ1) is 11.2. The molecule has 0 saturated carbocycles. The second-order valence-corrected chi connectivity index (χ2v) is 7.47. The number of halogens is 1. The highest BCUT2D eigenvalue weighted by Crippen LogP contribution is 2.38. The fourth-order valence-corrected chi connectivity index (χ4v) is 4.74. The summed E-state index contributed by atoms with van der Waals surface area (Å²) in [6.07, 6.45) is 0.634. The van der Waals surface area contributed by atoms with E-state index in [1.807, 2.05) is 12.1 Å². The third kappa shape index (κ3) is 2.51. The van der Waals surface area contributed by atoms with Gasteiger partial charge in [-0.2, -0.15) is 0 Å². The predicted octanol–water partition coefficient (Wildman–Crippen LogP) is 3.77. The third-order valence-corrected chi connectivity index (χ3v) is 6.03. The van der Waals surface area contributed by atoms with Crippen LogP contribution in [0.15, 0.2) is 40.2 Å². The van der Waals surface area contributed by atoms with Gasteiger partial charge in [0.1, 0.15) is 6.04 Å². The van der Waals surface area contributed by atoms with Crippen molar-refractivity contribution in [1.82, 2.24) is 10.3 Å². The number of nitrogens with one attached hydrogen (secondary N) is 2. The summed E-state index contributed by atoms with van der Waals surface area (Å²) in [6, 6.07) is 9.95. The van der Waals surface area contributed by atoms with Crippen LogP contribution in [0.2, 0.25) is 0 Å². The van der Waals surface area contributed by atoms with E-state index in [9.17, 15) is 4.79 Å². The van der Waals surface area contributed by atoms with Crippen molar-refractivity contribution in [2.45, 2.75) is 18.5 Å². The van der Waals surface area contributed by atoms with E-state index >= 15 is 0 Å². The minimum Gasteiger partial charge on any atom is -0.468 e. The van der Waals surface area contributed by atoms with Crippen LogP contribution in [-0.2, 0) is 16.0 Å². The molecular formula is C17H15BrN2O2S. The number of aromatic amines is 1. The molecule has 1 aromatic carbocycles. The second-order valence-electron chi connectivity index (χ2n) is 5.61. The van der Waals surface area contributed by atoms with Gasteiger partial charge < -0.3 is 9.72 Å². The molecule has 2 atom stereocenters. The SMILES string of the molecule is COC(=O)[C@@H]1Cc2c([nH]c3ccccc23)[C@@H](c2cc(Br)cs2)N1. The highest BCUT2D eigenvalue weighted by molar-refractivity contribution is 9.10. The number of ether oxygens (including phenoxy) is 1. The number of esters is 1. The van der Waals surface area contributed by atoms with Crippen LogP contribution in [0.25, 0.3) is 10.9 Å². The highest BCUT2D eigenvalue weighted by Gasteiger charge is 2.34. The Balaban J connectivity index is 1.87. The minimum atomic E-state index is -0.336. The number of aromatic nitrogens is 1. The molecule has 118 valence electrons. The number of para-hydroxylation sites is 1. The maximum atomic E-state index is 12.1. The molecule has 0 bridgehead atoms. The molecule has 0 unspecified atom stereocenters. The summed E-state index contributed by atoms with van der Waals surface area (Å²) in [5.41, 5.74) is 3.44. The number of hydrogen-bond acceptors (Lipinski definition) is 4. The maximum Gasteiger partial charge on any atom is 0.323 e. The Bertz CT molecular complexity index is 886. The monoisotopic (exact) mass is 390 g/mol. The Labute approximate surface area is 146 Å². The Morgan fingerprint density at radius 3 is 2.96 bits per heavy atom. The summed E-state index contributed by atoms with van der Waals surface area (Å²) in [5, 5.41) is 6.67. The van der Waals surface area contributed by atoms with E-state index in [1.54, 1.807) is 11.3 Å². The van der Waals surface area contributed by atoms with E-state index in [2.05, 4.69) is 49.8 Å². The maximum absolute atomic E-state index is 12.1. The summed E-state index contributed by atoms with van der Waals surface area (Å²) < 4.78 is 6.02. The standard InChI is InChI=1S/C17H15BrN2O2S/c1-22-17(21)13-7-11-10-4-2-3-5-12(10)19-15(11)16(20-13)14-6-9(18)8-23-14/h2-6,8,13,16,19-20H,7H2,1H3/t13-,16+/m0/s1. The number of thiophene rings is 1. The quantitative estimate of drug-likeness (QED) is 0.654. The topological polar surface area (TPSA) is 54.1 Å². The van der Waals surface area contributed by atoms with E-state index in [1.165, 1.54) is 22.9 Å². The molecule has 4 nitrogen and oxygen atoms in total. The minimum absolute atomic E-state index is 0.0356. The fourth-order valence-electron chi connectivity index (χ4n) is 3.23. The normalized spacial score (nSPS) is 20.4. The van der Waals surface area contributed by atoms with Crippen molar-refractivity contribution < 1.29 is 9.53 Å². The van der Waals surface area contributed by atoms with Gasteiger partial charge in [0.15, 0.2) is 0 Å². The molecule has 6 heteroatoms. The number of hydrogen-bond donors (Lipinski definition) is 2. The van der Waals surface area contributed by atoms with E-state index < -0.39 is 0 Å². The molecule has 2 N–H and O–H groups in total. The molecule has 1 aliphatic heterocycles. The molecule has 0 saturated heterocycles. The first-order valence-corrected chi connectivity index (χ1v) is 9.02. The number of methoxy groups -OCH3 is 1. The molecule has 3 aromatic rings. The van der Waals surface area contributed by atoms with Crippen LogP contribution < -0.4 is 5.32 Å². The number of H-pyrrole nitrogens is 1. The van der Waals surface area contributed by atoms with E-state index in [4.69, 9.17) is 4.74 Å². The summed E-state index contributed by atoms with van der Waals surface area (Å²) in [7, 11) is 1.44. The van der Waals surface area contributed by atoms with Crippen LogP contribution in [0, 0.1) is 0 Å². The Morgan fingerprint density at radius 1 is 1.39 bits per heavy atom. The average molecular weight is 391 g/mol. The summed E-state index contributed by atoms with van der Waals surface area (Å²) in [6.45, 7) is 0. The van der Waals surface area contributed by atoms with Gasteiger partial charge in [-0.15, -0.1) is 11.3 Å². The molecule has 0 aliphatic carbocycles. The Kier molecular flexibility index (Phi) is 3.75. The second kappa shape index (κ2) is 5.78. The van der Waals surface area contributed by atoms with Gasteiger partial charge in [-0.1, -0.05) is 18.2 Å². The number of benzene rings is 1. The fraction of sp³-hybridized carbons (Fsp3) is 0.235. The van der Waals surface area contributed by atoms with Crippen molar-refractivity contribution in [2.24, 2.45) is 0 Å². The van der Waals surface area contributed by atoms with Crippen molar-refractivity contribution in [2.75, 3.05) is 7.11 Å². The Hall–Kier alpha value is -1.63. The smallest absolute Gasteiger partial charge is 0.323 e. The molecule has 23 heavy (non-hydrogen) atoms. The molecule has 2 aromatic heterocycles. The number of carbonyl (C=O) groups excluding carboxylic acids is 1. The van der Waals surface area contributed by atoms with Gasteiger partial charge in [-0.3, -0.25) is 10.1 Å². The molecule has 3 heterocycles. The lowest BCUT2D eigenvalue weighted by Crippen LogP contribution is -2.45. The van der Waals surface area contributed by atoms with Crippen molar-refractivity contribution >= 4 is 44.1 Å². The van der Waals surface area contributed by atoms with Gasteiger partial charge in [-0.05, 0) is 33.6 Å². The summed E-state index contributed by atoms with van der Waals surface area (Å²) in [4.78, 5) is 16.8.